The number of anilines is 1. The SMILES string of the molecule is Cc1cc(NC(=O)COC(=O)CCN2C(=O)C3CCCCC3C2=O)no1. The van der Waals surface area contributed by atoms with Gasteiger partial charge in [0, 0.05) is 12.6 Å². The molecule has 1 aromatic heterocycles. The van der Waals surface area contributed by atoms with Crippen molar-refractivity contribution in [1.82, 2.24) is 10.1 Å². The molecule has 0 bridgehead atoms. The van der Waals surface area contributed by atoms with Gasteiger partial charge in [-0.3, -0.25) is 24.1 Å². The highest BCUT2D eigenvalue weighted by atomic mass is 16.5. The Hall–Kier alpha value is -2.71. The van der Waals surface area contributed by atoms with Crippen molar-refractivity contribution in [2.45, 2.75) is 39.0 Å². The molecular weight excluding hydrogens is 342 g/mol. The van der Waals surface area contributed by atoms with Crippen LogP contribution in [0, 0.1) is 18.8 Å². The average Bonchev–Trinajstić information content (AvgIpc) is 3.13. The van der Waals surface area contributed by atoms with E-state index < -0.39 is 18.5 Å². The third-order valence-electron chi connectivity index (χ3n) is 4.73. The van der Waals surface area contributed by atoms with Crippen LogP contribution in [-0.4, -0.2) is 46.9 Å². The van der Waals surface area contributed by atoms with E-state index in [2.05, 4.69) is 10.5 Å². The van der Waals surface area contributed by atoms with E-state index in [0.29, 0.717) is 5.76 Å². The van der Waals surface area contributed by atoms with Gasteiger partial charge < -0.3 is 14.6 Å². The first-order chi connectivity index (χ1) is 12.5. The monoisotopic (exact) mass is 363 g/mol. The molecule has 9 heteroatoms. The third kappa shape index (κ3) is 3.92. The highest BCUT2D eigenvalue weighted by molar-refractivity contribution is 6.05. The second kappa shape index (κ2) is 7.67. The Morgan fingerprint density at radius 1 is 1.27 bits per heavy atom. The number of aromatic nitrogens is 1. The molecule has 1 saturated carbocycles. The Morgan fingerprint density at radius 3 is 2.50 bits per heavy atom. The van der Waals surface area contributed by atoms with Crippen molar-refractivity contribution in [3.63, 3.8) is 0 Å². The van der Waals surface area contributed by atoms with Gasteiger partial charge in [-0.05, 0) is 19.8 Å². The maximum atomic E-state index is 12.3. The number of hydrogen-bond acceptors (Lipinski definition) is 7. The summed E-state index contributed by atoms with van der Waals surface area (Å²) in [6.45, 7) is 1.20. The molecule has 9 nitrogen and oxygen atoms in total. The summed E-state index contributed by atoms with van der Waals surface area (Å²) in [5, 5.41) is 6.02. The third-order valence-corrected chi connectivity index (χ3v) is 4.73. The average molecular weight is 363 g/mol. The van der Waals surface area contributed by atoms with E-state index in [4.69, 9.17) is 9.26 Å². The van der Waals surface area contributed by atoms with Gasteiger partial charge in [0.1, 0.15) is 5.76 Å². The Labute approximate surface area is 150 Å². The van der Waals surface area contributed by atoms with Crippen LogP contribution in [0.5, 0.6) is 0 Å². The number of aryl methyl sites for hydroxylation is 1. The maximum absolute atomic E-state index is 12.3. The van der Waals surface area contributed by atoms with Crippen LogP contribution in [-0.2, 0) is 23.9 Å². The molecule has 3 amide bonds. The number of esters is 1. The summed E-state index contributed by atoms with van der Waals surface area (Å²) < 4.78 is 9.68. The Morgan fingerprint density at radius 2 is 1.92 bits per heavy atom. The van der Waals surface area contributed by atoms with E-state index in [-0.39, 0.29) is 42.4 Å². The van der Waals surface area contributed by atoms with Crippen molar-refractivity contribution in [3.05, 3.63) is 11.8 Å². The molecule has 1 aliphatic carbocycles. The van der Waals surface area contributed by atoms with Crippen LogP contribution in [0.1, 0.15) is 37.9 Å². The predicted molar refractivity (Wildman–Crippen MR) is 87.6 cm³/mol. The zero-order chi connectivity index (χ0) is 18.7. The van der Waals surface area contributed by atoms with Gasteiger partial charge in [0.15, 0.2) is 12.4 Å². The van der Waals surface area contributed by atoms with E-state index in [9.17, 15) is 19.2 Å². The first-order valence-corrected chi connectivity index (χ1v) is 8.69. The highest BCUT2D eigenvalue weighted by Gasteiger charge is 2.47. The van der Waals surface area contributed by atoms with E-state index in [1.807, 2.05) is 0 Å². The maximum Gasteiger partial charge on any atom is 0.308 e. The van der Waals surface area contributed by atoms with Crippen molar-refractivity contribution in [2.75, 3.05) is 18.5 Å². The van der Waals surface area contributed by atoms with Crippen molar-refractivity contribution < 1.29 is 28.4 Å². The first-order valence-electron chi connectivity index (χ1n) is 8.69. The van der Waals surface area contributed by atoms with E-state index >= 15 is 0 Å². The van der Waals surface area contributed by atoms with Crippen LogP contribution >= 0.6 is 0 Å². The van der Waals surface area contributed by atoms with Crippen LogP contribution < -0.4 is 5.32 Å². The van der Waals surface area contributed by atoms with Gasteiger partial charge >= 0.3 is 5.97 Å². The van der Waals surface area contributed by atoms with Crippen molar-refractivity contribution in [3.8, 4) is 0 Å². The largest absolute Gasteiger partial charge is 0.456 e. The van der Waals surface area contributed by atoms with E-state index in [0.717, 1.165) is 25.7 Å². The van der Waals surface area contributed by atoms with Gasteiger partial charge in [-0.1, -0.05) is 18.0 Å². The minimum atomic E-state index is -0.646. The van der Waals surface area contributed by atoms with E-state index in [1.165, 1.54) is 11.0 Å². The summed E-state index contributed by atoms with van der Waals surface area (Å²) in [5.41, 5.74) is 0. The van der Waals surface area contributed by atoms with Crippen LogP contribution in [0.25, 0.3) is 0 Å². The van der Waals surface area contributed by atoms with Crippen LogP contribution in [0.2, 0.25) is 0 Å². The summed E-state index contributed by atoms with van der Waals surface area (Å²) in [4.78, 5) is 49.3. The van der Waals surface area contributed by atoms with E-state index in [1.54, 1.807) is 6.92 Å². The van der Waals surface area contributed by atoms with Gasteiger partial charge in [0.25, 0.3) is 5.91 Å². The van der Waals surface area contributed by atoms with Crippen LogP contribution in [0.3, 0.4) is 0 Å². The number of amides is 3. The lowest BCUT2D eigenvalue weighted by molar-refractivity contribution is -0.148. The Kier molecular flexibility index (Phi) is 5.34. The van der Waals surface area contributed by atoms with Gasteiger partial charge in [-0.25, -0.2) is 0 Å². The molecule has 2 atom stereocenters. The quantitative estimate of drug-likeness (QED) is 0.592. The molecule has 2 aliphatic rings. The summed E-state index contributed by atoms with van der Waals surface area (Å²) in [7, 11) is 0. The highest BCUT2D eigenvalue weighted by Crippen LogP contribution is 2.37. The Balaban J connectivity index is 1.42. The molecule has 0 aromatic carbocycles. The number of nitrogens with zero attached hydrogens (tertiary/aromatic N) is 2. The smallest absolute Gasteiger partial charge is 0.308 e. The zero-order valence-corrected chi connectivity index (χ0v) is 14.5. The number of fused-ring (bicyclic) bond motifs is 1. The second-order valence-corrected chi connectivity index (χ2v) is 6.61. The molecule has 1 aromatic rings. The lowest BCUT2D eigenvalue weighted by atomic mass is 9.81. The number of hydrogen-bond donors (Lipinski definition) is 1. The molecule has 2 heterocycles. The molecular formula is C17H21N3O6. The summed E-state index contributed by atoms with van der Waals surface area (Å²) in [6.07, 6.45) is 3.25. The number of imide groups is 1. The topological polar surface area (TPSA) is 119 Å². The first kappa shape index (κ1) is 18.1. The molecule has 1 N–H and O–H groups in total. The molecule has 2 unspecified atom stereocenters. The van der Waals surface area contributed by atoms with Crippen molar-refractivity contribution >= 4 is 29.5 Å². The molecule has 140 valence electrons. The summed E-state index contributed by atoms with van der Waals surface area (Å²) in [5.74, 6) is -1.26. The fourth-order valence-corrected chi connectivity index (χ4v) is 3.48. The molecule has 3 rings (SSSR count). The van der Waals surface area contributed by atoms with Gasteiger partial charge in [0.05, 0.1) is 18.3 Å². The standard InChI is InChI=1S/C17H21N3O6/c1-10-8-13(19-26-10)18-14(21)9-25-15(22)6-7-20-16(23)11-4-2-3-5-12(11)17(20)24/h8,11-12H,2-7,9H2,1H3,(H,18,19,21). The normalized spacial score (nSPS) is 22.3. The fraction of sp³-hybridized carbons (Fsp3) is 0.588. The number of likely N-dealkylation sites (tertiary alicyclic amines) is 1. The molecule has 26 heavy (non-hydrogen) atoms. The lowest BCUT2D eigenvalue weighted by Gasteiger charge is -2.19. The number of carbonyl (C=O) groups excluding carboxylic acids is 4. The molecule has 0 spiro atoms. The van der Waals surface area contributed by atoms with Crippen LogP contribution in [0.15, 0.2) is 10.6 Å². The Bertz CT molecular complexity index is 704. The number of nitrogens with one attached hydrogen (secondary N) is 1. The number of rotatable bonds is 6. The van der Waals surface area contributed by atoms with Gasteiger partial charge in [-0.2, -0.15) is 0 Å². The minimum absolute atomic E-state index is 0.00635. The zero-order valence-electron chi connectivity index (χ0n) is 14.5. The lowest BCUT2D eigenvalue weighted by Crippen LogP contribution is -2.33. The second-order valence-electron chi connectivity index (χ2n) is 6.61. The molecule has 2 fully saturated rings. The fourth-order valence-electron chi connectivity index (χ4n) is 3.48. The predicted octanol–water partition coefficient (Wildman–Crippen LogP) is 1.03. The minimum Gasteiger partial charge on any atom is -0.456 e. The summed E-state index contributed by atoms with van der Waals surface area (Å²) in [6, 6.07) is 1.53. The summed E-state index contributed by atoms with van der Waals surface area (Å²) >= 11 is 0. The molecule has 1 saturated heterocycles. The van der Waals surface area contributed by atoms with Crippen molar-refractivity contribution in [2.24, 2.45) is 11.8 Å². The number of ether oxygens (including phenoxy) is 1. The number of carbonyl (C=O) groups is 4. The van der Waals surface area contributed by atoms with Crippen molar-refractivity contribution in [1.29, 1.82) is 0 Å². The van der Waals surface area contributed by atoms with Crippen LogP contribution in [0.4, 0.5) is 5.82 Å². The van der Waals surface area contributed by atoms with Gasteiger partial charge in [0.2, 0.25) is 11.8 Å². The van der Waals surface area contributed by atoms with Gasteiger partial charge in [-0.15, -0.1) is 0 Å². The molecule has 1 aliphatic heterocycles. The molecule has 0 radical (unpaired) electrons.